The summed E-state index contributed by atoms with van der Waals surface area (Å²) in [5.41, 5.74) is 0. The Hall–Kier alpha value is 1.10. The van der Waals surface area contributed by atoms with Gasteiger partial charge in [-0.15, -0.1) is 0 Å². The first-order chi connectivity index (χ1) is 3.27. The second-order valence-electron chi connectivity index (χ2n) is 2.31. The molecule has 0 unspecified atom stereocenters. The molecular formula is C7H15Y-. The minimum atomic E-state index is 0. The van der Waals surface area contributed by atoms with Crippen molar-refractivity contribution < 1.29 is 32.7 Å². The smallest absolute Gasteiger partial charge is 0 e. The predicted molar refractivity (Wildman–Crippen MR) is 34.1 cm³/mol. The maximum absolute atomic E-state index is 2.23. The number of unbranched alkanes of at least 4 members (excludes halogenated alkanes) is 1. The van der Waals surface area contributed by atoms with Gasteiger partial charge in [0.1, 0.15) is 0 Å². The molecule has 0 amide bonds. The van der Waals surface area contributed by atoms with Gasteiger partial charge in [0.15, 0.2) is 0 Å². The molecule has 0 heterocycles. The normalized spacial score (nSPS) is 9.00. The van der Waals surface area contributed by atoms with Crippen molar-refractivity contribution in [2.45, 2.75) is 40.0 Å². The van der Waals surface area contributed by atoms with E-state index in [1.165, 1.54) is 19.3 Å². The van der Waals surface area contributed by atoms with E-state index < -0.39 is 0 Å². The van der Waals surface area contributed by atoms with Crippen molar-refractivity contribution in [3.05, 3.63) is 5.92 Å². The van der Waals surface area contributed by atoms with Crippen LogP contribution in [0.1, 0.15) is 40.0 Å². The summed E-state index contributed by atoms with van der Waals surface area (Å²) < 4.78 is 0. The fourth-order valence-corrected chi connectivity index (χ4v) is 0.530. The zero-order chi connectivity index (χ0) is 5.70. The van der Waals surface area contributed by atoms with Crippen LogP contribution >= 0.6 is 0 Å². The third-order valence-corrected chi connectivity index (χ3v) is 1.03. The van der Waals surface area contributed by atoms with Gasteiger partial charge in [-0.2, -0.15) is 20.3 Å². The number of rotatable bonds is 3. The zero-order valence-corrected chi connectivity index (χ0v) is 9.04. The average molecular weight is 188 g/mol. The van der Waals surface area contributed by atoms with Crippen LogP contribution in [0.5, 0.6) is 0 Å². The van der Waals surface area contributed by atoms with Gasteiger partial charge in [0.05, 0.1) is 0 Å². The maximum Gasteiger partial charge on any atom is 0 e. The Morgan fingerprint density at radius 1 is 1.25 bits per heavy atom. The standard InChI is InChI=1S/C7H15.Y/c1-4-5-6-7(2)3;/h4-6H2,1-3H3;/q-1;. The molecule has 0 aromatic rings. The molecule has 0 spiro atoms. The summed E-state index contributed by atoms with van der Waals surface area (Å²) in [5.74, 6) is 1.56. The molecule has 0 aromatic heterocycles. The first-order valence-corrected chi connectivity index (χ1v) is 3.06. The molecule has 0 rings (SSSR count). The Kier molecular flexibility index (Phi) is 12.0. The molecule has 1 heteroatoms. The molecule has 0 saturated carbocycles. The predicted octanol–water partition coefficient (Wildman–Crippen LogP) is 2.79. The van der Waals surface area contributed by atoms with Crippen molar-refractivity contribution in [2.24, 2.45) is 0 Å². The van der Waals surface area contributed by atoms with E-state index in [4.69, 9.17) is 0 Å². The SMILES string of the molecule is CCCC[C-](C)C.[Y]. The molecular weight excluding hydrogens is 173 g/mol. The molecule has 0 saturated heterocycles. The Labute approximate surface area is 78.3 Å². The van der Waals surface area contributed by atoms with Crippen LogP contribution in [0.25, 0.3) is 0 Å². The number of hydrogen-bond donors (Lipinski definition) is 0. The molecule has 47 valence electrons. The Morgan fingerprint density at radius 3 is 1.88 bits per heavy atom. The van der Waals surface area contributed by atoms with Crippen LogP contribution in [0.3, 0.4) is 0 Å². The first-order valence-electron chi connectivity index (χ1n) is 3.06. The molecule has 0 fully saturated rings. The van der Waals surface area contributed by atoms with Gasteiger partial charge in [0.25, 0.3) is 0 Å². The number of hydrogen-bond acceptors (Lipinski definition) is 0. The summed E-state index contributed by atoms with van der Waals surface area (Å²) in [5, 5.41) is 0. The van der Waals surface area contributed by atoms with E-state index in [9.17, 15) is 0 Å². The summed E-state index contributed by atoms with van der Waals surface area (Å²) in [7, 11) is 0. The Morgan fingerprint density at radius 2 is 1.75 bits per heavy atom. The van der Waals surface area contributed by atoms with Crippen LogP contribution in [-0.2, 0) is 32.7 Å². The van der Waals surface area contributed by atoms with E-state index in [1.807, 2.05) is 0 Å². The second kappa shape index (κ2) is 8.10. The van der Waals surface area contributed by atoms with Crippen LogP contribution in [0, 0.1) is 5.92 Å². The molecule has 0 atom stereocenters. The summed E-state index contributed by atoms with van der Waals surface area (Å²) >= 11 is 0. The van der Waals surface area contributed by atoms with Gasteiger partial charge >= 0.3 is 0 Å². The average Bonchev–Trinajstić information content (AvgIpc) is 1.61. The summed E-state index contributed by atoms with van der Waals surface area (Å²) in [4.78, 5) is 0. The summed E-state index contributed by atoms with van der Waals surface area (Å²) in [6, 6.07) is 0. The second-order valence-corrected chi connectivity index (χ2v) is 2.31. The minimum Gasteiger partial charge on any atom is -0.320 e. The first kappa shape index (κ1) is 11.8. The Bertz CT molecular complexity index is 33.4. The molecule has 1 radical (unpaired) electrons. The van der Waals surface area contributed by atoms with Crippen molar-refractivity contribution in [3.63, 3.8) is 0 Å². The third kappa shape index (κ3) is 10.2. The molecule has 0 nitrogen and oxygen atoms in total. The monoisotopic (exact) mass is 188 g/mol. The van der Waals surface area contributed by atoms with E-state index >= 15 is 0 Å². The molecule has 0 bridgehead atoms. The fourth-order valence-electron chi connectivity index (χ4n) is 0.530. The van der Waals surface area contributed by atoms with E-state index in [-0.39, 0.29) is 32.7 Å². The van der Waals surface area contributed by atoms with Crippen molar-refractivity contribution in [1.29, 1.82) is 0 Å². The zero-order valence-electron chi connectivity index (χ0n) is 6.20. The topological polar surface area (TPSA) is 0 Å². The maximum atomic E-state index is 2.23. The van der Waals surface area contributed by atoms with Gasteiger partial charge < -0.3 is 5.92 Å². The molecule has 0 N–H and O–H groups in total. The molecule has 0 aliphatic rings. The van der Waals surface area contributed by atoms with Crippen molar-refractivity contribution in [1.82, 2.24) is 0 Å². The van der Waals surface area contributed by atoms with Crippen LogP contribution in [0.4, 0.5) is 0 Å². The minimum absolute atomic E-state index is 0. The quantitative estimate of drug-likeness (QED) is 0.597. The Balaban J connectivity index is 0. The largest absolute Gasteiger partial charge is 0.320 e. The molecule has 8 heavy (non-hydrogen) atoms. The van der Waals surface area contributed by atoms with Gasteiger partial charge in [-0.25, -0.2) is 0 Å². The van der Waals surface area contributed by atoms with Crippen molar-refractivity contribution in [3.8, 4) is 0 Å². The van der Waals surface area contributed by atoms with Gasteiger partial charge in [0.2, 0.25) is 0 Å². The van der Waals surface area contributed by atoms with E-state index in [2.05, 4.69) is 20.8 Å². The molecule has 0 aromatic carbocycles. The summed E-state index contributed by atoms with van der Waals surface area (Å²) in [6.45, 7) is 6.61. The van der Waals surface area contributed by atoms with Crippen LogP contribution in [0.15, 0.2) is 0 Å². The fraction of sp³-hybridized carbons (Fsp3) is 0.857. The van der Waals surface area contributed by atoms with Gasteiger partial charge in [-0.1, -0.05) is 19.8 Å². The van der Waals surface area contributed by atoms with Gasteiger partial charge in [0, 0.05) is 32.7 Å². The van der Waals surface area contributed by atoms with Crippen molar-refractivity contribution >= 4 is 0 Å². The third-order valence-electron chi connectivity index (χ3n) is 1.03. The molecule has 0 aliphatic carbocycles. The van der Waals surface area contributed by atoms with E-state index in [1.54, 1.807) is 5.92 Å². The summed E-state index contributed by atoms with van der Waals surface area (Å²) in [6.07, 6.45) is 4.00. The van der Waals surface area contributed by atoms with Crippen LogP contribution < -0.4 is 0 Å². The van der Waals surface area contributed by atoms with E-state index in [0.29, 0.717) is 0 Å². The van der Waals surface area contributed by atoms with E-state index in [0.717, 1.165) is 0 Å². The molecule has 0 aliphatic heterocycles. The van der Waals surface area contributed by atoms with Crippen LogP contribution in [0.2, 0.25) is 0 Å². The van der Waals surface area contributed by atoms with Gasteiger partial charge in [-0.05, 0) is 0 Å². The van der Waals surface area contributed by atoms with Crippen LogP contribution in [-0.4, -0.2) is 0 Å². The van der Waals surface area contributed by atoms with Gasteiger partial charge in [-0.3, -0.25) is 0 Å². The van der Waals surface area contributed by atoms with Crippen molar-refractivity contribution in [2.75, 3.05) is 0 Å².